The molecule has 3 N–H and O–H groups in total. The number of rotatable bonds is 8. The molecule has 1 unspecified atom stereocenters. The zero-order chi connectivity index (χ0) is 29.3. The van der Waals surface area contributed by atoms with Gasteiger partial charge in [0.1, 0.15) is 11.9 Å². The van der Waals surface area contributed by atoms with E-state index in [2.05, 4.69) is 20.5 Å². The van der Waals surface area contributed by atoms with Gasteiger partial charge in [-0.1, -0.05) is 38.1 Å². The summed E-state index contributed by atoms with van der Waals surface area (Å²) in [6.45, 7) is 11.6. The normalized spacial score (nSPS) is 20.9. The second-order valence-electron chi connectivity index (χ2n) is 11.5. The van der Waals surface area contributed by atoms with Crippen molar-refractivity contribution >= 4 is 29.0 Å². The maximum absolute atomic E-state index is 14.0. The van der Waals surface area contributed by atoms with E-state index in [1.165, 1.54) is 0 Å². The van der Waals surface area contributed by atoms with Gasteiger partial charge in [0.25, 0.3) is 0 Å². The fourth-order valence-electron chi connectivity index (χ4n) is 5.95. The van der Waals surface area contributed by atoms with Crippen molar-refractivity contribution < 1.29 is 14.7 Å². The number of aromatic nitrogens is 3. The number of hydrogen-bond donors (Lipinski definition) is 3. The molecular formula is C30H41N7O3S. The lowest BCUT2D eigenvalue weighted by Crippen LogP contribution is -2.48. The molecular weight excluding hydrogens is 538 g/mol. The van der Waals surface area contributed by atoms with Crippen LogP contribution in [0.1, 0.15) is 56.1 Å². The molecule has 0 radical (unpaired) electrons. The highest BCUT2D eigenvalue weighted by Crippen LogP contribution is 2.33. The van der Waals surface area contributed by atoms with Crippen LogP contribution in [0.4, 0.5) is 5.82 Å². The Hall–Kier alpha value is -3.28. The van der Waals surface area contributed by atoms with Crippen molar-refractivity contribution in [3.8, 4) is 10.4 Å². The number of likely N-dealkylation sites (tertiary alicyclic amines) is 1. The van der Waals surface area contributed by atoms with Crippen LogP contribution in [0.25, 0.3) is 10.4 Å². The smallest absolute Gasteiger partial charge is 0.243 e. The topological polar surface area (TPSA) is 116 Å². The molecule has 220 valence electrons. The van der Waals surface area contributed by atoms with E-state index in [0.717, 1.165) is 53.7 Å². The van der Waals surface area contributed by atoms with Crippen molar-refractivity contribution in [2.24, 2.45) is 13.0 Å². The van der Waals surface area contributed by atoms with Gasteiger partial charge in [0.15, 0.2) is 0 Å². The molecule has 0 saturated carbocycles. The zero-order valence-electron chi connectivity index (χ0n) is 24.5. The lowest BCUT2D eigenvalue weighted by molar-refractivity contribution is -0.140. The lowest BCUT2D eigenvalue weighted by atomic mass is 9.90. The minimum absolute atomic E-state index is 0.0330. The summed E-state index contributed by atoms with van der Waals surface area (Å²) in [5.74, 6) is 0.0161. The summed E-state index contributed by atoms with van der Waals surface area (Å²) in [5, 5.41) is 21.8. The predicted molar refractivity (Wildman–Crippen MR) is 161 cm³/mol. The van der Waals surface area contributed by atoms with E-state index in [1.807, 2.05) is 75.3 Å². The molecule has 2 amide bonds. The Bertz CT molecular complexity index is 1360. The molecule has 1 aromatic carbocycles. The minimum Gasteiger partial charge on any atom is -0.391 e. The third-order valence-electron chi connectivity index (χ3n) is 8.21. The third kappa shape index (κ3) is 6.17. The predicted octanol–water partition coefficient (Wildman–Crippen LogP) is 2.84. The molecule has 2 fully saturated rings. The van der Waals surface area contributed by atoms with E-state index in [-0.39, 0.29) is 36.7 Å². The highest BCUT2D eigenvalue weighted by molar-refractivity contribution is 7.13. The lowest BCUT2D eigenvalue weighted by Gasteiger charge is -2.30. The molecule has 41 heavy (non-hydrogen) atoms. The van der Waals surface area contributed by atoms with E-state index in [9.17, 15) is 14.7 Å². The average Bonchev–Trinajstić information content (AvgIpc) is 3.67. The van der Waals surface area contributed by atoms with Crippen LogP contribution >= 0.6 is 11.3 Å². The molecule has 0 aliphatic carbocycles. The molecule has 3 aromatic rings. The van der Waals surface area contributed by atoms with Gasteiger partial charge < -0.3 is 25.5 Å². The van der Waals surface area contributed by atoms with Gasteiger partial charge in [-0.2, -0.15) is 5.10 Å². The standard InChI is InChI=1S/C30H41N7O3S/c1-18(2)27(24-15-26(35(5)34-24)36-12-10-31-11-13-36)30(40)37-16-23(38)14-25(37)29(39)33-19(3)21-6-8-22(9-7-21)28-20(4)32-17-41-28/h6-9,15,17-19,23,25,27,31,38H,10-14,16H2,1-5H3,(H,33,39)/t19-,23+,25-,27?/m0/s1. The molecule has 11 heteroatoms. The van der Waals surface area contributed by atoms with Gasteiger partial charge in [-0.15, -0.1) is 11.3 Å². The first-order chi connectivity index (χ1) is 19.6. The molecule has 2 aromatic heterocycles. The Labute approximate surface area is 245 Å². The number of nitrogens with one attached hydrogen (secondary N) is 2. The van der Waals surface area contributed by atoms with E-state index >= 15 is 0 Å². The summed E-state index contributed by atoms with van der Waals surface area (Å²) in [7, 11) is 1.91. The minimum atomic E-state index is -0.750. The van der Waals surface area contributed by atoms with Gasteiger partial charge >= 0.3 is 0 Å². The summed E-state index contributed by atoms with van der Waals surface area (Å²) in [4.78, 5) is 36.9. The maximum atomic E-state index is 14.0. The Morgan fingerprint density at radius 2 is 1.85 bits per heavy atom. The van der Waals surface area contributed by atoms with Gasteiger partial charge in [-0.05, 0) is 30.9 Å². The SMILES string of the molecule is Cc1ncsc1-c1ccc([C@H](C)NC(=O)[C@@H]2C[C@@H](O)CN2C(=O)C(c2cc(N3CCNCC3)n(C)n2)C(C)C)cc1. The van der Waals surface area contributed by atoms with Gasteiger partial charge in [0.05, 0.1) is 39.8 Å². The molecule has 10 nitrogen and oxygen atoms in total. The largest absolute Gasteiger partial charge is 0.391 e. The van der Waals surface area contributed by atoms with Crippen LogP contribution in [0.5, 0.6) is 0 Å². The highest BCUT2D eigenvalue weighted by atomic mass is 32.1. The molecule has 0 spiro atoms. The monoisotopic (exact) mass is 579 g/mol. The van der Waals surface area contributed by atoms with Crippen molar-refractivity contribution in [3.63, 3.8) is 0 Å². The number of thiazole rings is 1. The second-order valence-corrected chi connectivity index (χ2v) is 12.4. The van der Waals surface area contributed by atoms with Gasteiger partial charge in [-0.3, -0.25) is 14.3 Å². The van der Waals surface area contributed by atoms with Crippen molar-refractivity contribution in [1.82, 2.24) is 30.3 Å². The van der Waals surface area contributed by atoms with Crippen LogP contribution in [0.2, 0.25) is 0 Å². The van der Waals surface area contributed by atoms with E-state index < -0.39 is 18.1 Å². The Kier molecular flexibility index (Phi) is 8.77. The summed E-state index contributed by atoms with van der Waals surface area (Å²) in [5.41, 5.74) is 5.60. The van der Waals surface area contributed by atoms with Crippen LogP contribution in [0.3, 0.4) is 0 Å². The third-order valence-corrected chi connectivity index (χ3v) is 9.19. The molecule has 4 heterocycles. The van der Waals surface area contributed by atoms with Gasteiger partial charge in [0.2, 0.25) is 11.8 Å². The molecule has 2 aliphatic heterocycles. The van der Waals surface area contributed by atoms with E-state index in [4.69, 9.17) is 5.10 Å². The number of aliphatic hydroxyl groups is 1. The van der Waals surface area contributed by atoms with Crippen LogP contribution in [-0.2, 0) is 16.6 Å². The Balaban J connectivity index is 1.30. The number of benzene rings is 1. The summed E-state index contributed by atoms with van der Waals surface area (Å²) >= 11 is 1.61. The van der Waals surface area contributed by atoms with Crippen LogP contribution in [-0.4, -0.2) is 81.5 Å². The van der Waals surface area contributed by atoms with Crippen LogP contribution < -0.4 is 15.5 Å². The maximum Gasteiger partial charge on any atom is 0.243 e. The zero-order valence-corrected chi connectivity index (χ0v) is 25.3. The van der Waals surface area contributed by atoms with Crippen molar-refractivity contribution in [1.29, 1.82) is 0 Å². The molecule has 5 rings (SSSR count). The number of carbonyl (C=O) groups excluding carboxylic acids is 2. The van der Waals surface area contributed by atoms with Gasteiger partial charge in [-0.25, -0.2) is 4.98 Å². The first-order valence-electron chi connectivity index (χ1n) is 14.4. The number of amides is 2. The van der Waals surface area contributed by atoms with Crippen molar-refractivity contribution in [3.05, 3.63) is 52.8 Å². The number of aliphatic hydroxyl groups excluding tert-OH is 1. The number of piperazine rings is 1. The summed E-state index contributed by atoms with van der Waals surface area (Å²) in [6.07, 6.45) is -0.535. The fourth-order valence-corrected chi connectivity index (χ4v) is 6.77. The first kappa shape index (κ1) is 29.2. The molecule has 2 aliphatic rings. The Morgan fingerprint density at radius 3 is 2.49 bits per heavy atom. The highest BCUT2D eigenvalue weighted by Gasteiger charge is 2.43. The molecule has 4 atom stereocenters. The van der Waals surface area contributed by atoms with Crippen LogP contribution in [0, 0.1) is 12.8 Å². The summed E-state index contributed by atoms with van der Waals surface area (Å²) in [6, 6.07) is 9.12. The number of carbonyl (C=O) groups is 2. The quantitative estimate of drug-likeness (QED) is 0.376. The number of nitrogens with zero attached hydrogens (tertiary/aromatic N) is 5. The molecule has 0 bridgehead atoms. The Morgan fingerprint density at radius 1 is 1.15 bits per heavy atom. The number of aryl methyl sites for hydroxylation is 2. The van der Waals surface area contributed by atoms with Crippen molar-refractivity contribution in [2.75, 3.05) is 37.6 Å². The van der Waals surface area contributed by atoms with Gasteiger partial charge in [0, 0.05) is 52.3 Å². The second kappa shape index (κ2) is 12.3. The number of anilines is 1. The van der Waals surface area contributed by atoms with E-state index in [1.54, 1.807) is 16.2 Å². The number of hydrogen-bond acceptors (Lipinski definition) is 8. The van der Waals surface area contributed by atoms with E-state index in [0.29, 0.717) is 5.69 Å². The number of β-amino-alcohol motifs (C(OH)–C–C–N with tert-alkyl or cyclic N) is 1. The molecule has 2 saturated heterocycles. The summed E-state index contributed by atoms with van der Waals surface area (Å²) < 4.78 is 1.84. The average molecular weight is 580 g/mol. The first-order valence-corrected chi connectivity index (χ1v) is 15.3. The fraction of sp³-hybridized carbons (Fsp3) is 0.533. The van der Waals surface area contributed by atoms with Crippen LogP contribution in [0.15, 0.2) is 35.8 Å². The van der Waals surface area contributed by atoms with Crippen molar-refractivity contribution in [2.45, 2.75) is 58.2 Å².